The molecule has 6 heteroatoms. The van der Waals surface area contributed by atoms with Gasteiger partial charge in [-0.1, -0.05) is 13.0 Å². The van der Waals surface area contributed by atoms with Gasteiger partial charge in [0.1, 0.15) is 6.54 Å². The molecule has 5 nitrogen and oxygen atoms in total. The lowest BCUT2D eigenvalue weighted by molar-refractivity contribution is -0.143. The normalized spacial score (nSPS) is 11.7. The number of rotatable bonds is 7. The molecule has 0 aliphatic heterocycles. The van der Waals surface area contributed by atoms with E-state index < -0.39 is 16.0 Å². The standard InChI is InChI=1S/C15H23NO4S/c1-5-7-16(11-15(17)20-6-2)21(18,19)14-9-12(3)8-13(4)10-14/h8-10H,5-7,11H2,1-4H3. The third kappa shape index (κ3) is 4.82. The van der Waals surface area contributed by atoms with E-state index in [0.717, 1.165) is 11.1 Å². The van der Waals surface area contributed by atoms with Gasteiger partial charge in [0.25, 0.3) is 0 Å². The fourth-order valence-corrected chi connectivity index (χ4v) is 3.78. The smallest absolute Gasteiger partial charge is 0.321 e. The van der Waals surface area contributed by atoms with Crippen molar-refractivity contribution in [1.29, 1.82) is 0 Å². The summed E-state index contributed by atoms with van der Waals surface area (Å²) in [6.45, 7) is 7.53. The van der Waals surface area contributed by atoms with Crippen molar-refractivity contribution in [3.05, 3.63) is 29.3 Å². The van der Waals surface area contributed by atoms with Gasteiger partial charge >= 0.3 is 5.97 Å². The van der Waals surface area contributed by atoms with Gasteiger partial charge in [-0.3, -0.25) is 4.79 Å². The molecule has 0 aliphatic carbocycles. The van der Waals surface area contributed by atoms with Crippen molar-refractivity contribution in [3.63, 3.8) is 0 Å². The van der Waals surface area contributed by atoms with Gasteiger partial charge < -0.3 is 4.74 Å². The van der Waals surface area contributed by atoms with Crippen molar-refractivity contribution in [1.82, 2.24) is 4.31 Å². The van der Waals surface area contributed by atoms with Gasteiger partial charge in [0.15, 0.2) is 0 Å². The van der Waals surface area contributed by atoms with Gasteiger partial charge in [0.2, 0.25) is 10.0 Å². The highest BCUT2D eigenvalue weighted by molar-refractivity contribution is 7.89. The van der Waals surface area contributed by atoms with Gasteiger partial charge in [-0.05, 0) is 50.5 Å². The molecule has 0 unspecified atom stereocenters. The summed E-state index contributed by atoms with van der Waals surface area (Å²) in [6.07, 6.45) is 0.628. The largest absolute Gasteiger partial charge is 0.465 e. The molecule has 0 saturated carbocycles. The molecule has 0 saturated heterocycles. The van der Waals surface area contributed by atoms with Gasteiger partial charge in [0, 0.05) is 6.54 Å². The van der Waals surface area contributed by atoms with Crippen molar-refractivity contribution in [2.24, 2.45) is 0 Å². The first-order chi connectivity index (χ1) is 9.81. The van der Waals surface area contributed by atoms with Crippen molar-refractivity contribution < 1.29 is 17.9 Å². The van der Waals surface area contributed by atoms with E-state index in [1.54, 1.807) is 19.1 Å². The average molecular weight is 313 g/mol. The van der Waals surface area contributed by atoms with E-state index in [9.17, 15) is 13.2 Å². The minimum atomic E-state index is -3.69. The lowest BCUT2D eigenvalue weighted by atomic mass is 10.2. The van der Waals surface area contributed by atoms with Gasteiger partial charge in [0.05, 0.1) is 11.5 Å². The second-order valence-electron chi connectivity index (χ2n) is 4.97. The van der Waals surface area contributed by atoms with Crippen LogP contribution >= 0.6 is 0 Å². The van der Waals surface area contributed by atoms with Crippen LogP contribution in [0.1, 0.15) is 31.4 Å². The number of ether oxygens (including phenoxy) is 1. The fourth-order valence-electron chi connectivity index (χ4n) is 2.12. The highest BCUT2D eigenvalue weighted by Gasteiger charge is 2.26. The zero-order valence-corrected chi connectivity index (χ0v) is 13.9. The predicted molar refractivity (Wildman–Crippen MR) is 81.6 cm³/mol. The van der Waals surface area contributed by atoms with Crippen LogP contribution in [0.25, 0.3) is 0 Å². The van der Waals surface area contributed by atoms with E-state index in [-0.39, 0.29) is 24.6 Å². The monoisotopic (exact) mass is 313 g/mol. The number of carbonyl (C=O) groups excluding carboxylic acids is 1. The molecule has 0 fully saturated rings. The molecule has 0 N–H and O–H groups in total. The van der Waals surface area contributed by atoms with E-state index >= 15 is 0 Å². The number of hydrogen-bond acceptors (Lipinski definition) is 4. The van der Waals surface area contributed by atoms with Crippen LogP contribution in [0.15, 0.2) is 23.1 Å². The van der Waals surface area contributed by atoms with Crippen LogP contribution in [0, 0.1) is 13.8 Å². The topological polar surface area (TPSA) is 63.7 Å². The number of esters is 1. The summed E-state index contributed by atoms with van der Waals surface area (Å²) < 4.78 is 31.4. The minimum absolute atomic E-state index is 0.220. The lowest BCUT2D eigenvalue weighted by Crippen LogP contribution is -2.37. The summed E-state index contributed by atoms with van der Waals surface area (Å²) in [5, 5.41) is 0. The lowest BCUT2D eigenvalue weighted by Gasteiger charge is -2.21. The van der Waals surface area contributed by atoms with E-state index in [0.29, 0.717) is 6.42 Å². The Balaban J connectivity index is 3.12. The molecular weight excluding hydrogens is 290 g/mol. The van der Waals surface area contributed by atoms with Crippen LogP contribution in [0.4, 0.5) is 0 Å². The Labute approximate surface area is 127 Å². The van der Waals surface area contributed by atoms with Crippen LogP contribution < -0.4 is 0 Å². The molecule has 0 heterocycles. The number of aryl methyl sites for hydroxylation is 2. The molecule has 0 aromatic heterocycles. The van der Waals surface area contributed by atoms with Crippen LogP contribution in [-0.2, 0) is 19.6 Å². The Morgan fingerprint density at radius 3 is 2.19 bits per heavy atom. The Bertz CT molecular complexity index is 575. The number of sulfonamides is 1. The minimum Gasteiger partial charge on any atom is -0.465 e. The van der Waals surface area contributed by atoms with Crippen LogP contribution in [-0.4, -0.2) is 38.4 Å². The first kappa shape index (κ1) is 17.7. The van der Waals surface area contributed by atoms with Crippen molar-refractivity contribution in [2.45, 2.75) is 39.0 Å². The van der Waals surface area contributed by atoms with Gasteiger partial charge in [-0.15, -0.1) is 0 Å². The Morgan fingerprint density at radius 2 is 1.71 bits per heavy atom. The maximum Gasteiger partial charge on any atom is 0.321 e. The molecule has 1 aromatic carbocycles. The highest BCUT2D eigenvalue weighted by Crippen LogP contribution is 2.19. The molecule has 0 atom stereocenters. The number of nitrogens with zero attached hydrogens (tertiary/aromatic N) is 1. The number of carbonyl (C=O) groups is 1. The molecule has 0 aliphatic rings. The van der Waals surface area contributed by atoms with Crippen molar-refractivity contribution in [3.8, 4) is 0 Å². The van der Waals surface area contributed by atoms with E-state index in [1.807, 2.05) is 26.8 Å². The summed E-state index contributed by atoms with van der Waals surface area (Å²) in [5.41, 5.74) is 1.75. The SMILES string of the molecule is CCCN(CC(=O)OCC)S(=O)(=O)c1cc(C)cc(C)c1. The molecule has 1 aromatic rings. The fraction of sp³-hybridized carbons (Fsp3) is 0.533. The quantitative estimate of drug-likeness (QED) is 0.724. The molecule has 0 spiro atoms. The van der Waals surface area contributed by atoms with E-state index in [2.05, 4.69) is 0 Å². The molecule has 1 rings (SSSR count). The first-order valence-corrected chi connectivity index (χ1v) is 8.49. The summed E-state index contributed by atoms with van der Waals surface area (Å²) in [5.74, 6) is -0.529. The molecule has 0 amide bonds. The number of benzene rings is 1. The second kappa shape index (κ2) is 7.56. The van der Waals surface area contributed by atoms with Crippen LogP contribution in [0.2, 0.25) is 0 Å². The first-order valence-electron chi connectivity index (χ1n) is 7.05. The van der Waals surface area contributed by atoms with E-state index in [1.165, 1.54) is 4.31 Å². The van der Waals surface area contributed by atoms with Crippen LogP contribution in [0.3, 0.4) is 0 Å². The maximum atomic E-state index is 12.7. The third-order valence-electron chi connectivity index (χ3n) is 2.92. The second-order valence-corrected chi connectivity index (χ2v) is 6.90. The summed E-state index contributed by atoms with van der Waals surface area (Å²) >= 11 is 0. The Kier molecular flexibility index (Phi) is 6.36. The zero-order valence-electron chi connectivity index (χ0n) is 13.0. The van der Waals surface area contributed by atoms with Gasteiger partial charge in [-0.2, -0.15) is 4.31 Å². The van der Waals surface area contributed by atoms with Crippen LogP contribution in [0.5, 0.6) is 0 Å². The summed E-state index contributed by atoms with van der Waals surface area (Å²) in [6, 6.07) is 5.15. The molecular formula is C15H23NO4S. The Hall–Kier alpha value is -1.40. The summed E-state index contributed by atoms with van der Waals surface area (Å²) in [4.78, 5) is 11.8. The van der Waals surface area contributed by atoms with Gasteiger partial charge in [-0.25, -0.2) is 8.42 Å². The molecule has 118 valence electrons. The van der Waals surface area contributed by atoms with Crippen molar-refractivity contribution in [2.75, 3.05) is 19.7 Å². The van der Waals surface area contributed by atoms with Crippen molar-refractivity contribution >= 4 is 16.0 Å². The maximum absolute atomic E-state index is 12.7. The predicted octanol–water partition coefficient (Wildman–Crippen LogP) is 2.27. The molecule has 0 bridgehead atoms. The summed E-state index contributed by atoms with van der Waals surface area (Å²) in [7, 11) is -3.69. The Morgan fingerprint density at radius 1 is 1.14 bits per heavy atom. The number of hydrogen-bond donors (Lipinski definition) is 0. The zero-order chi connectivity index (χ0) is 16.0. The molecule has 0 radical (unpaired) electrons. The highest BCUT2D eigenvalue weighted by atomic mass is 32.2. The third-order valence-corrected chi connectivity index (χ3v) is 4.74. The van der Waals surface area contributed by atoms with E-state index in [4.69, 9.17) is 4.74 Å². The molecule has 21 heavy (non-hydrogen) atoms. The average Bonchev–Trinajstić information content (AvgIpc) is 2.37.